The Kier molecular flexibility index (Phi) is 8.98. The lowest BCUT2D eigenvalue weighted by atomic mass is 9.85. The van der Waals surface area contributed by atoms with Crippen molar-refractivity contribution in [2.24, 2.45) is 0 Å². The zero-order valence-corrected chi connectivity index (χ0v) is 27.7. The number of nitriles is 1. The normalized spacial score (nSPS) is 20.9. The van der Waals surface area contributed by atoms with Crippen LogP contribution in [0.15, 0.2) is 71.6 Å². The second kappa shape index (κ2) is 13.0. The number of amides is 2. The van der Waals surface area contributed by atoms with Crippen molar-refractivity contribution < 1.29 is 27.5 Å². The molecule has 2 amide bonds. The van der Waals surface area contributed by atoms with Gasteiger partial charge in [-0.25, -0.2) is 13.2 Å². The molecule has 3 heterocycles. The minimum Gasteiger partial charge on any atom is -0.493 e. The predicted molar refractivity (Wildman–Crippen MR) is 176 cm³/mol. The molecule has 0 aliphatic carbocycles. The average molecular weight is 658 g/mol. The van der Waals surface area contributed by atoms with Gasteiger partial charge in [0.25, 0.3) is 15.9 Å². The maximum absolute atomic E-state index is 14.9. The number of rotatable bonds is 7. The number of sulfonamides is 1. The van der Waals surface area contributed by atoms with Crippen molar-refractivity contribution in [3.8, 4) is 11.8 Å². The van der Waals surface area contributed by atoms with Crippen LogP contribution < -0.4 is 9.04 Å². The standard InChI is InChI=1S/C35H39N5O6S/c1-4-45-32-8-6-5-7-29(32)35(46-34(42)39-21-19-38(20-22-39)27-15-17-37(3)18-16-27)30-23-26(24-36)11-14-31(30)40(33(35)41)47(43,44)28-12-9-25(2)10-13-28/h5-14,23,27H,4,15-22H2,1-3H3. The highest BCUT2D eigenvalue weighted by atomic mass is 32.2. The van der Waals surface area contributed by atoms with Gasteiger partial charge in [0, 0.05) is 37.8 Å². The minimum atomic E-state index is -4.48. The summed E-state index contributed by atoms with van der Waals surface area (Å²) in [6.07, 6.45) is 1.38. The van der Waals surface area contributed by atoms with Gasteiger partial charge in [0.2, 0.25) is 5.60 Å². The van der Waals surface area contributed by atoms with E-state index in [0.29, 0.717) is 36.5 Å². The topological polar surface area (TPSA) is 123 Å². The number of piperidine rings is 1. The van der Waals surface area contributed by atoms with Gasteiger partial charge < -0.3 is 19.3 Å². The SMILES string of the molecule is CCOc1ccccc1C1(OC(=O)N2CCN(C3CCN(C)CC3)CC2)C(=O)N(S(=O)(=O)c2ccc(C)cc2)c2ccc(C#N)cc21. The van der Waals surface area contributed by atoms with Crippen LogP contribution in [0.5, 0.6) is 5.75 Å². The number of carbonyl (C=O) groups is 2. The molecule has 0 radical (unpaired) electrons. The van der Waals surface area contributed by atoms with Gasteiger partial charge in [0.15, 0.2) is 0 Å². The fourth-order valence-corrected chi connectivity index (χ4v) is 8.22. The van der Waals surface area contributed by atoms with Crippen molar-refractivity contribution in [2.75, 3.05) is 57.2 Å². The summed E-state index contributed by atoms with van der Waals surface area (Å²) in [5, 5.41) is 9.86. The number of para-hydroxylation sites is 1. The third-order valence-electron chi connectivity index (χ3n) is 9.35. The van der Waals surface area contributed by atoms with Gasteiger partial charge in [-0.1, -0.05) is 35.9 Å². The Morgan fingerprint density at radius 1 is 0.957 bits per heavy atom. The van der Waals surface area contributed by atoms with E-state index in [9.17, 15) is 23.3 Å². The summed E-state index contributed by atoms with van der Waals surface area (Å²) in [5.74, 6) is -0.736. The van der Waals surface area contributed by atoms with Crippen molar-refractivity contribution in [1.82, 2.24) is 14.7 Å². The Morgan fingerprint density at radius 2 is 1.64 bits per heavy atom. The molecule has 2 saturated heterocycles. The molecule has 246 valence electrons. The van der Waals surface area contributed by atoms with Crippen molar-refractivity contribution in [1.29, 1.82) is 5.26 Å². The van der Waals surface area contributed by atoms with E-state index in [0.717, 1.165) is 31.5 Å². The van der Waals surface area contributed by atoms with E-state index in [1.54, 1.807) is 48.2 Å². The summed E-state index contributed by atoms with van der Waals surface area (Å²) in [4.78, 5) is 35.3. The molecule has 2 fully saturated rings. The third-order valence-corrected chi connectivity index (χ3v) is 11.1. The zero-order chi connectivity index (χ0) is 33.3. The lowest BCUT2D eigenvalue weighted by Crippen LogP contribution is -2.55. The Morgan fingerprint density at radius 3 is 2.30 bits per heavy atom. The summed E-state index contributed by atoms with van der Waals surface area (Å²) >= 11 is 0. The van der Waals surface area contributed by atoms with Crippen LogP contribution >= 0.6 is 0 Å². The highest BCUT2D eigenvalue weighted by Crippen LogP contribution is 2.52. The van der Waals surface area contributed by atoms with Gasteiger partial charge in [-0.15, -0.1) is 0 Å². The van der Waals surface area contributed by atoms with Gasteiger partial charge >= 0.3 is 6.09 Å². The molecule has 12 heteroatoms. The molecule has 0 N–H and O–H groups in total. The van der Waals surface area contributed by atoms with E-state index in [2.05, 4.69) is 22.9 Å². The molecule has 1 unspecified atom stereocenters. The van der Waals surface area contributed by atoms with Crippen LogP contribution in [0.3, 0.4) is 0 Å². The average Bonchev–Trinajstić information content (AvgIpc) is 3.33. The number of carbonyl (C=O) groups excluding carboxylic acids is 2. The van der Waals surface area contributed by atoms with E-state index in [-0.39, 0.29) is 39.6 Å². The highest BCUT2D eigenvalue weighted by molar-refractivity contribution is 7.93. The number of fused-ring (bicyclic) bond motifs is 1. The van der Waals surface area contributed by atoms with Gasteiger partial charge in [-0.05, 0) is 83.2 Å². The molecule has 11 nitrogen and oxygen atoms in total. The second-order valence-electron chi connectivity index (χ2n) is 12.3. The summed E-state index contributed by atoms with van der Waals surface area (Å²) in [5.41, 5.74) is -0.993. The van der Waals surface area contributed by atoms with Crippen LogP contribution in [0.25, 0.3) is 0 Å². The molecule has 3 aromatic rings. The number of hydrogen-bond acceptors (Lipinski definition) is 9. The van der Waals surface area contributed by atoms with Gasteiger partial charge in [-0.2, -0.15) is 9.57 Å². The Hall–Kier alpha value is -4.44. The Labute approximate surface area is 275 Å². The van der Waals surface area contributed by atoms with Crippen molar-refractivity contribution in [3.63, 3.8) is 0 Å². The first kappa shape index (κ1) is 32.5. The Balaban J connectivity index is 1.43. The quantitative estimate of drug-likeness (QED) is 0.370. The maximum atomic E-state index is 14.9. The first-order valence-electron chi connectivity index (χ1n) is 15.9. The van der Waals surface area contributed by atoms with Crippen LogP contribution in [0, 0.1) is 18.3 Å². The van der Waals surface area contributed by atoms with Crippen LogP contribution in [0.4, 0.5) is 10.5 Å². The first-order valence-corrected chi connectivity index (χ1v) is 17.4. The van der Waals surface area contributed by atoms with E-state index in [1.807, 2.05) is 6.92 Å². The number of piperazine rings is 1. The predicted octanol–water partition coefficient (Wildman–Crippen LogP) is 4.09. The van der Waals surface area contributed by atoms with Gasteiger partial charge in [-0.3, -0.25) is 9.69 Å². The summed E-state index contributed by atoms with van der Waals surface area (Å²) in [6, 6.07) is 19.6. The first-order chi connectivity index (χ1) is 22.6. The molecule has 3 aromatic carbocycles. The number of ether oxygens (including phenoxy) is 2. The number of hydrogen-bond donors (Lipinski definition) is 0. The van der Waals surface area contributed by atoms with E-state index >= 15 is 0 Å². The fourth-order valence-electron chi connectivity index (χ4n) is 6.76. The van der Waals surface area contributed by atoms with Gasteiger partial charge in [0.05, 0.1) is 34.4 Å². The monoisotopic (exact) mass is 657 g/mol. The smallest absolute Gasteiger partial charge is 0.411 e. The van der Waals surface area contributed by atoms with E-state index < -0.39 is 27.6 Å². The van der Waals surface area contributed by atoms with Crippen molar-refractivity contribution in [2.45, 2.75) is 43.2 Å². The number of benzene rings is 3. The molecule has 3 aliphatic heterocycles. The van der Waals surface area contributed by atoms with Crippen LogP contribution in [0.2, 0.25) is 0 Å². The van der Waals surface area contributed by atoms with Crippen molar-refractivity contribution >= 4 is 27.7 Å². The largest absolute Gasteiger partial charge is 0.493 e. The molecular formula is C35H39N5O6S. The fraction of sp³-hybridized carbons (Fsp3) is 0.400. The molecule has 6 rings (SSSR count). The summed E-state index contributed by atoms with van der Waals surface area (Å²) in [7, 11) is -2.36. The van der Waals surface area contributed by atoms with Crippen LogP contribution in [0.1, 0.15) is 42.0 Å². The van der Waals surface area contributed by atoms with E-state index in [4.69, 9.17) is 9.47 Å². The molecule has 0 aromatic heterocycles. The lowest BCUT2D eigenvalue weighted by molar-refractivity contribution is -0.132. The third kappa shape index (κ3) is 5.84. The molecular weight excluding hydrogens is 618 g/mol. The minimum absolute atomic E-state index is 0.000706. The summed E-state index contributed by atoms with van der Waals surface area (Å²) < 4.78 is 41.5. The number of anilines is 1. The molecule has 0 saturated carbocycles. The summed E-state index contributed by atoms with van der Waals surface area (Å²) in [6.45, 7) is 8.00. The zero-order valence-electron chi connectivity index (χ0n) is 26.9. The Bertz CT molecular complexity index is 1810. The molecule has 0 bridgehead atoms. The number of aryl methyl sites for hydroxylation is 1. The van der Waals surface area contributed by atoms with Crippen LogP contribution in [-0.2, 0) is 25.2 Å². The van der Waals surface area contributed by atoms with Crippen LogP contribution in [-0.4, -0.2) is 94.1 Å². The molecule has 3 aliphatic rings. The maximum Gasteiger partial charge on any atom is 0.411 e. The lowest BCUT2D eigenvalue weighted by Gasteiger charge is -2.42. The second-order valence-corrected chi connectivity index (χ2v) is 14.1. The highest BCUT2D eigenvalue weighted by Gasteiger charge is 2.61. The molecule has 1 atom stereocenters. The van der Waals surface area contributed by atoms with Gasteiger partial charge in [0.1, 0.15) is 5.75 Å². The molecule has 0 spiro atoms. The molecule has 47 heavy (non-hydrogen) atoms. The van der Waals surface area contributed by atoms with Crippen molar-refractivity contribution in [3.05, 3.63) is 89.0 Å². The number of likely N-dealkylation sites (tertiary alicyclic amines) is 1. The van der Waals surface area contributed by atoms with E-state index in [1.165, 1.54) is 30.3 Å². The number of nitrogens with zero attached hydrogens (tertiary/aromatic N) is 5.